The van der Waals surface area contributed by atoms with Gasteiger partial charge in [0.15, 0.2) is 5.54 Å². The first-order valence-electron chi connectivity index (χ1n) is 11.2. The summed E-state index contributed by atoms with van der Waals surface area (Å²) in [6.45, 7) is 7.15. The second-order valence-corrected chi connectivity index (χ2v) is 9.93. The summed E-state index contributed by atoms with van der Waals surface area (Å²) in [6.07, 6.45) is 3.35. The number of amides is 1. The number of ether oxygens (including phenoxy) is 1. The number of esters is 1. The van der Waals surface area contributed by atoms with Gasteiger partial charge in [0.25, 0.3) is 5.91 Å². The molecular formula is C24H29ClN6O3. The zero-order chi connectivity index (χ0) is 24.5. The van der Waals surface area contributed by atoms with Crippen molar-refractivity contribution in [3.63, 3.8) is 0 Å². The normalized spacial score (nSPS) is 16.4. The standard InChI is InChI=1S/C24H29ClN6O3/c1-23(2,3)34-22(33)24(26,14-16-4-6-17(25)7-5-16)21(32)31-12-10-30(11-13-31)20-18-8-9-27-19(18)28-15-29-20/h4-9,15H,10-14,26H2,1-3H3,(H,27,28,29)/t24-/m1/s1. The van der Waals surface area contributed by atoms with E-state index in [0.29, 0.717) is 31.2 Å². The Bertz CT molecular complexity index is 1180. The smallest absolute Gasteiger partial charge is 0.336 e. The van der Waals surface area contributed by atoms with Crippen LogP contribution in [0.3, 0.4) is 0 Å². The second kappa shape index (κ2) is 9.23. The molecule has 10 heteroatoms. The molecule has 0 spiro atoms. The Morgan fingerprint density at radius 1 is 1.09 bits per heavy atom. The fourth-order valence-electron chi connectivity index (χ4n) is 4.04. The molecule has 9 nitrogen and oxygen atoms in total. The van der Waals surface area contributed by atoms with E-state index in [9.17, 15) is 9.59 Å². The van der Waals surface area contributed by atoms with E-state index < -0.39 is 23.0 Å². The highest BCUT2D eigenvalue weighted by Crippen LogP contribution is 2.25. The number of nitrogens with two attached hydrogens (primary N) is 1. The Morgan fingerprint density at radius 2 is 1.76 bits per heavy atom. The molecule has 1 aliphatic rings. The van der Waals surface area contributed by atoms with Crippen LogP contribution in [0.4, 0.5) is 5.82 Å². The van der Waals surface area contributed by atoms with E-state index >= 15 is 0 Å². The molecule has 0 radical (unpaired) electrons. The van der Waals surface area contributed by atoms with Gasteiger partial charge >= 0.3 is 5.97 Å². The van der Waals surface area contributed by atoms with Gasteiger partial charge in [-0.25, -0.2) is 14.8 Å². The Labute approximate surface area is 203 Å². The fourth-order valence-corrected chi connectivity index (χ4v) is 4.17. The van der Waals surface area contributed by atoms with E-state index in [-0.39, 0.29) is 6.42 Å². The van der Waals surface area contributed by atoms with Gasteiger partial charge < -0.3 is 25.3 Å². The van der Waals surface area contributed by atoms with Crippen molar-refractivity contribution in [2.75, 3.05) is 31.1 Å². The molecule has 34 heavy (non-hydrogen) atoms. The first-order valence-corrected chi connectivity index (χ1v) is 11.5. The van der Waals surface area contributed by atoms with Crippen LogP contribution in [-0.2, 0) is 20.7 Å². The summed E-state index contributed by atoms with van der Waals surface area (Å²) in [5, 5.41) is 1.49. The molecule has 1 saturated heterocycles. The van der Waals surface area contributed by atoms with Gasteiger partial charge in [0.1, 0.15) is 23.4 Å². The highest BCUT2D eigenvalue weighted by atomic mass is 35.5. The van der Waals surface area contributed by atoms with Gasteiger partial charge in [0.05, 0.1) is 5.39 Å². The number of fused-ring (bicyclic) bond motifs is 1. The van der Waals surface area contributed by atoms with Crippen molar-refractivity contribution < 1.29 is 14.3 Å². The number of hydrogen-bond acceptors (Lipinski definition) is 7. The fraction of sp³-hybridized carbons (Fsp3) is 0.417. The Balaban J connectivity index is 1.53. The highest BCUT2D eigenvalue weighted by Gasteiger charge is 2.48. The summed E-state index contributed by atoms with van der Waals surface area (Å²) in [5.74, 6) is -0.385. The summed E-state index contributed by atoms with van der Waals surface area (Å²) in [6, 6.07) is 8.87. The molecule has 1 aromatic carbocycles. The van der Waals surface area contributed by atoms with Gasteiger partial charge in [-0.1, -0.05) is 23.7 Å². The lowest BCUT2D eigenvalue weighted by Gasteiger charge is -2.39. The number of aromatic nitrogens is 3. The number of carbonyl (C=O) groups excluding carboxylic acids is 2. The van der Waals surface area contributed by atoms with Crippen molar-refractivity contribution in [3.8, 4) is 0 Å². The molecule has 3 heterocycles. The molecule has 180 valence electrons. The Morgan fingerprint density at radius 3 is 2.41 bits per heavy atom. The van der Waals surface area contributed by atoms with E-state index in [1.807, 2.05) is 12.3 Å². The Kier molecular flexibility index (Phi) is 6.51. The van der Waals surface area contributed by atoms with E-state index in [0.717, 1.165) is 22.4 Å². The van der Waals surface area contributed by atoms with Gasteiger partial charge in [0.2, 0.25) is 0 Å². The quantitative estimate of drug-likeness (QED) is 0.422. The van der Waals surface area contributed by atoms with Crippen LogP contribution >= 0.6 is 11.6 Å². The van der Waals surface area contributed by atoms with Crippen molar-refractivity contribution in [2.24, 2.45) is 5.73 Å². The molecular weight excluding hydrogens is 456 g/mol. The topological polar surface area (TPSA) is 117 Å². The minimum absolute atomic E-state index is 0.00795. The lowest BCUT2D eigenvalue weighted by atomic mass is 9.89. The van der Waals surface area contributed by atoms with Gasteiger partial charge in [0, 0.05) is 43.8 Å². The van der Waals surface area contributed by atoms with Gasteiger partial charge in [-0.05, 0) is 44.5 Å². The molecule has 0 aliphatic carbocycles. The number of aromatic amines is 1. The zero-order valence-corrected chi connectivity index (χ0v) is 20.3. The number of hydrogen-bond donors (Lipinski definition) is 2. The largest absolute Gasteiger partial charge is 0.458 e. The van der Waals surface area contributed by atoms with Crippen LogP contribution in [0, 0.1) is 0 Å². The van der Waals surface area contributed by atoms with Crippen molar-refractivity contribution in [1.82, 2.24) is 19.9 Å². The SMILES string of the molecule is CC(C)(C)OC(=O)[C@@](N)(Cc1ccc(Cl)cc1)C(=O)N1CCN(c2ncnc3[nH]ccc23)CC1. The number of benzene rings is 1. The van der Waals surface area contributed by atoms with E-state index in [1.165, 1.54) is 6.33 Å². The molecule has 4 rings (SSSR count). The summed E-state index contributed by atoms with van der Waals surface area (Å²) in [4.78, 5) is 42.3. The minimum Gasteiger partial charge on any atom is -0.458 e. The number of rotatable bonds is 5. The molecule has 1 amide bonds. The number of piperazine rings is 1. The number of carbonyl (C=O) groups is 2. The van der Waals surface area contributed by atoms with E-state index in [2.05, 4.69) is 19.9 Å². The minimum atomic E-state index is -1.86. The third-order valence-corrected chi connectivity index (χ3v) is 5.99. The van der Waals surface area contributed by atoms with Gasteiger partial charge in [-0.15, -0.1) is 0 Å². The maximum Gasteiger partial charge on any atom is 0.336 e. The third-order valence-electron chi connectivity index (χ3n) is 5.74. The van der Waals surface area contributed by atoms with E-state index in [1.54, 1.807) is 49.9 Å². The van der Waals surface area contributed by atoms with Crippen LogP contribution in [0.25, 0.3) is 11.0 Å². The number of nitrogens with zero attached hydrogens (tertiary/aromatic N) is 4. The molecule has 1 fully saturated rings. The van der Waals surface area contributed by atoms with Crippen LogP contribution in [-0.4, -0.2) is 69.0 Å². The second-order valence-electron chi connectivity index (χ2n) is 9.49. The molecule has 2 aromatic heterocycles. The number of H-pyrrole nitrogens is 1. The van der Waals surface area contributed by atoms with Gasteiger partial charge in [-0.2, -0.15) is 0 Å². The lowest BCUT2D eigenvalue weighted by Crippen LogP contribution is -2.65. The number of anilines is 1. The predicted molar refractivity (Wildman–Crippen MR) is 131 cm³/mol. The van der Waals surface area contributed by atoms with Crippen LogP contribution in [0.15, 0.2) is 42.9 Å². The monoisotopic (exact) mass is 484 g/mol. The molecule has 0 saturated carbocycles. The average Bonchev–Trinajstić information content (AvgIpc) is 3.28. The lowest BCUT2D eigenvalue weighted by molar-refractivity contribution is -0.167. The van der Waals surface area contributed by atoms with Crippen molar-refractivity contribution in [2.45, 2.75) is 38.3 Å². The number of halogens is 1. The highest BCUT2D eigenvalue weighted by molar-refractivity contribution is 6.30. The molecule has 1 aliphatic heterocycles. The van der Waals surface area contributed by atoms with E-state index in [4.69, 9.17) is 22.1 Å². The maximum atomic E-state index is 13.7. The van der Waals surface area contributed by atoms with Crippen LogP contribution in [0.5, 0.6) is 0 Å². The summed E-state index contributed by atoms with van der Waals surface area (Å²) >= 11 is 6.00. The maximum absolute atomic E-state index is 13.7. The van der Waals surface area contributed by atoms with Crippen LogP contribution in [0.2, 0.25) is 5.02 Å². The number of nitrogens with one attached hydrogen (secondary N) is 1. The predicted octanol–water partition coefficient (Wildman–Crippen LogP) is 2.54. The molecule has 0 bridgehead atoms. The van der Waals surface area contributed by atoms with Crippen LogP contribution in [0.1, 0.15) is 26.3 Å². The average molecular weight is 485 g/mol. The molecule has 3 N–H and O–H groups in total. The first-order chi connectivity index (χ1) is 16.1. The summed E-state index contributed by atoms with van der Waals surface area (Å²) < 4.78 is 5.57. The molecule has 3 aromatic rings. The Hall–Kier alpha value is -3.17. The van der Waals surface area contributed by atoms with Crippen molar-refractivity contribution in [3.05, 3.63) is 53.4 Å². The molecule has 1 atom stereocenters. The van der Waals surface area contributed by atoms with Crippen molar-refractivity contribution >= 4 is 40.3 Å². The third kappa shape index (κ3) is 5.00. The van der Waals surface area contributed by atoms with Gasteiger partial charge in [-0.3, -0.25) is 4.79 Å². The molecule has 0 unspecified atom stereocenters. The summed E-state index contributed by atoms with van der Waals surface area (Å²) in [7, 11) is 0. The van der Waals surface area contributed by atoms with Crippen LogP contribution < -0.4 is 10.6 Å². The first kappa shape index (κ1) is 24.0. The van der Waals surface area contributed by atoms with Crippen molar-refractivity contribution in [1.29, 1.82) is 0 Å². The summed E-state index contributed by atoms with van der Waals surface area (Å²) in [5.41, 5.74) is 5.41. The zero-order valence-electron chi connectivity index (χ0n) is 19.5.